The van der Waals surface area contributed by atoms with E-state index in [1.54, 1.807) is 19.9 Å². The molecule has 7 heteroatoms. The van der Waals surface area contributed by atoms with E-state index in [1.165, 1.54) is 4.31 Å². The van der Waals surface area contributed by atoms with E-state index in [2.05, 4.69) is 5.16 Å². The second kappa shape index (κ2) is 6.38. The summed E-state index contributed by atoms with van der Waals surface area (Å²) in [5.41, 5.74) is 2.99. The molecule has 1 aromatic carbocycles. The predicted molar refractivity (Wildman–Crippen MR) is 93.1 cm³/mol. The second-order valence-corrected chi connectivity index (χ2v) is 8.42. The Balaban J connectivity index is 1.97. The van der Waals surface area contributed by atoms with Gasteiger partial charge in [-0.3, -0.25) is 4.79 Å². The monoisotopic (exact) mass is 362 g/mol. The molecule has 2 heterocycles. The molecule has 1 saturated heterocycles. The molecule has 134 valence electrons. The van der Waals surface area contributed by atoms with Crippen LogP contribution in [0.2, 0.25) is 0 Å². The lowest BCUT2D eigenvalue weighted by atomic mass is 9.99. The van der Waals surface area contributed by atoms with E-state index in [0.717, 1.165) is 11.1 Å². The molecule has 0 radical (unpaired) electrons. The Morgan fingerprint density at radius 1 is 1.20 bits per heavy atom. The van der Waals surface area contributed by atoms with Gasteiger partial charge >= 0.3 is 0 Å². The van der Waals surface area contributed by atoms with Crippen LogP contribution in [0.25, 0.3) is 0 Å². The molecule has 0 amide bonds. The molecule has 0 N–H and O–H groups in total. The van der Waals surface area contributed by atoms with Crippen molar-refractivity contribution >= 4 is 15.8 Å². The van der Waals surface area contributed by atoms with Gasteiger partial charge in [0.2, 0.25) is 10.0 Å². The third-order valence-electron chi connectivity index (χ3n) is 4.83. The van der Waals surface area contributed by atoms with Crippen LogP contribution in [0.15, 0.2) is 27.6 Å². The molecule has 1 aliphatic heterocycles. The molecule has 0 saturated carbocycles. The molecule has 1 aromatic heterocycles. The number of sulfonamides is 1. The number of benzene rings is 1. The Labute approximate surface area is 147 Å². The van der Waals surface area contributed by atoms with Crippen molar-refractivity contribution in [3.63, 3.8) is 0 Å². The minimum absolute atomic E-state index is 0.0762. The zero-order valence-corrected chi connectivity index (χ0v) is 15.7. The van der Waals surface area contributed by atoms with Gasteiger partial charge in [-0.25, -0.2) is 8.42 Å². The van der Waals surface area contributed by atoms with Crippen molar-refractivity contribution in [1.29, 1.82) is 0 Å². The van der Waals surface area contributed by atoms with Crippen molar-refractivity contribution in [2.75, 3.05) is 6.54 Å². The molecule has 2 aromatic rings. The number of carbonyl (C=O) groups excluding carboxylic acids is 1. The first-order chi connectivity index (χ1) is 11.7. The number of rotatable bonds is 4. The number of Topliss-reactive ketones (excluding diaryl/α,β-unsaturated/α-hetero) is 1. The van der Waals surface area contributed by atoms with Gasteiger partial charge < -0.3 is 4.52 Å². The average molecular weight is 362 g/mol. The summed E-state index contributed by atoms with van der Waals surface area (Å²) in [4.78, 5) is 13.0. The van der Waals surface area contributed by atoms with Crippen LogP contribution < -0.4 is 0 Å². The minimum Gasteiger partial charge on any atom is -0.360 e. The summed E-state index contributed by atoms with van der Waals surface area (Å²) in [5.74, 6) is 0.0951. The van der Waals surface area contributed by atoms with Crippen LogP contribution >= 0.6 is 0 Å². The molecule has 0 aliphatic carbocycles. The summed E-state index contributed by atoms with van der Waals surface area (Å²) < 4.78 is 32.5. The van der Waals surface area contributed by atoms with Crippen LogP contribution in [0.5, 0.6) is 0 Å². The highest BCUT2D eigenvalue weighted by Gasteiger charge is 2.42. The number of nitrogens with zero attached hydrogens (tertiary/aromatic N) is 2. The van der Waals surface area contributed by atoms with Gasteiger partial charge in [0, 0.05) is 12.1 Å². The third-order valence-corrected chi connectivity index (χ3v) is 6.99. The summed E-state index contributed by atoms with van der Waals surface area (Å²) in [6.07, 6.45) is 1.18. The van der Waals surface area contributed by atoms with Crippen LogP contribution in [0.1, 0.15) is 45.8 Å². The van der Waals surface area contributed by atoms with Crippen molar-refractivity contribution in [2.24, 2.45) is 0 Å². The smallest absolute Gasteiger partial charge is 0.249 e. The minimum atomic E-state index is -3.82. The number of aryl methyl sites for hydroxylation is 4. The van der Waals surface area contributed by atoms with Crippen LogP contribution in [0.4, 0.5) is 0 Å². The van der Waals surface area contributed by atoms with E-state index in [9.17, 15) is 13.2 Å². The fourth-order valence-corrected chi connectivity index (χ4v) is 5.29. The van der Waals surface area contributed by atoms with Crippen LogP contribution in [0.3, 0.4) is 0 Å². The first-order valence-corrected chi connectivity index (χ1v) is 9.73. The topological polar surface area (TPSA) is 80.5 Å². The van der Waals surface area contributed by atoms with E-state index in [1.807, 2.05) is 26.0 Å². The molecule has 3 rings (SSSR count). The molecule has 0 spiro atoms. The van der Waals surface area contributed by atoms with Crippen molar-refractivity contribution in [3.05, 3.63) is 46.3 Å². The van der Waals surface area contributed by atoms with E-state index in [4.69, 9.17) is 4.52 Å². The highest BCUT2D eigenvalue weighted by Crippen LogP contribution is 2.31. The number of carbonyl (C=O) groups is 1. The van der Waals surface area contributed by atoms with Gasteiger partial charge in [-0.1, -0.05) is 17.3 Å². The quantitative estimate of drug-likeness (QED) is 0.781. The Bertz CT molecular complexity index is 911. The van der Waals surface area contributed by atoms with Crippen LogP contribution in [-0.2, 0) is 10.0 Å². The molecular formula is C18H22N2O4S. The lowest BCUT2D eigenvalue weighted by molar-refractivity contribution is 0.0918. The van der Waals surface area contributed by atoms with Gasteiger partial charge in [-0.05, 0) is 57.7 Å². The number of hydrogen-bond donors (Lipinski definition) is 0. The van der Waals surface area contributed by atoms with E-state index >= 15 is 0 Å². The maximum atomic E-state index is 13.1. The molecule has 25 heavy (non-hydrogen) atoms. The molecule has 1 fully saturated rings. The lowest BCUT2D eigenvalue weighted by Gasteiger charge is -2.23. The van der Waals surface area contributed by atoms with Crippen LogP contribution in [0, 0.1) is 27.7 Å². The van der Waals surface area contributed by atoms with Gasteiger partial charge in [-0.2, -0.15) is 4.31 Å². The summed E-state index contributed by atoms with van der Waals surface area (Å²) in [7, 11) is -3.82. The first-order valence-electron chi connectivity index (χ1n) is 8.29. The predicted octanol–water partition coefficient (Wildman–Crippen LogP) is 2.94. The first kappa shape index (κ1) is 17.8. The van der Waals surface area contributed by atoms with Crippen molar-refractivity contribution in [2.45, 2.75) is 51.5 Å². The van der Waals surface area contributed by atoms with Crippen molar-refractivity contribution in [3.8, 4) is 0 Å². The summed E-state index contributed by atoms with van der Waals surface area (Å²) in [6, 6.07) is 4.81. The molecule has 0 bridgehead atoms. The Hall–Kier alpha value is -1.99. The van der Waals surface area contributed by atoms with Crippen molar-refractivity contribution < 1.29 is 17.7 Å². The second-order valence-electron chi connectivity index (χ2n) is 6.59. The zero-order chi connectivity index (χ0) is 18.4. The highest BCUT2D eigenvalue weighted by molar-refractivity contribution is 7.89. The zero-order valence-electron chi connectivity index (χ0n) is 14.9. The van der Waals surface area contributed by atoms with Gasteiger partial charge in [0.15, 0.2) is 11.5 Å². The standard InChI is InChI=1S/C18H22N2O4S/c1-11-7-8-15(10-12(11)2)17(21)16-6-5-9-20(16)25(22,23)18-13(3)19-24-14(18)4/h7-8,10,16H,5-6,9H2,1-4H3. The summed E-state index contributed by atoms with van der Waals surface area (Å²) in [5, 5.41) is 3.74. The SMILES string of the molecule is Cc1ccc(C(=O)C2CCCN2S(=O)(=O)c2c(C)noc2C)cc1C. The molecule has 1 atom stereocenters. The number of hydrogen-bond acceptors (Lipinski definition) is 5. The van der Waals surface area contributed by atoms with E-state index in [0.29, 0.717) is 30.6 Å². The van der Waals surface area contributed by atoms with Gasteiger partial charge in [-0.15, -0.1) is 0 Å². The fraction of sp³-hybridized carbons (Fsp3) is 0.444. The maximum Gasteiger partial charge on any atom is 0.249 e. The molecule has 6 nitrogen and oxygen atoms in total. The van der Waals surface area contributed by atoms with Gasteiger partial charge in [0.1, 0.15) is 10.6 Å². The van der Waals surface area contributed by atoms with E-state index < -0.39 is 16.1 Å². The maximum absolute atomic E-state index is 13.1. The van der Waals surface area contributed by atoms with Gasteiger partial charge in [0.05, 0.1) is 6.04 Å². The average Bonchev–Trinajstić information content (AvgIpc) is 3.17. The summed E-state index contributed by atoms with van der Waals surface area (Å²) >= 11 is 0. The number of aromatic nitrogens is 1. The Kier molecular flexibility index (Phi) is 4.55. The Morgan fingerprint density at radius 3 is 2.52 bits per heavy atom. The normalized spacial score (nSPS) is 18.6. The Morgan fingerprint density at radius 2 is 1.92 bits per heavy atom. The molecule has 1 unspecified atom stereocenters. The van der Waals surface area contributed by atoms with Gasteiger partial charge in [0.25, 0.3) is 0 Å². The number of ketones is 1. The summed E-state index contributed by atoms with van der Waals surface area (Å²) in [6.45, 7) is 7.42. The lowest BCUT2D eigenvalue weighted by Crippen LogP contribution is -2.40. The van der Waals surface area contributed by atoms with Crippen molar-refractivity contribution in [1.82, 2.24) is 9.46 Å². The highest BCUT2D eigenvalue weighted by atomic mass is 32.2. The molecular weight excluding hydrogens is 340 g/mol. The fourth-order valence-electron chi connectivity index (χ4n) is 3.34. The largest absolute Gasteiger partial charge is 0.360 e. The third kappa shape index (κ3) is 3.02. The van der Waals surface area contributed by atoms with E-state index in [-0.39, 0.29) is 16.4 Å². The molecule has 1 aliphatic rings. The van der Waals surface area contributed by atoms with Crippen LogP contribution in [-0.4, -0.2) is 36.2 Å².